The Hall–Kier alpha value is -3.75. The first-order valence-electron chi connectivity index (χ1n) is 6.82. The fourth-order valence-electron chi connectivity index (χ4n) is 2.23. The van der Waals surface area contributed by atoms with Crippen LogP contribution in [0.5, 0.6) is 5.75 Å². The second kappa shape index (κ2) is 6.16. The van der Waals surface area contributed by atoms with E-state index in [0.717, 1.165) is 17.1 Å². The van der Waals surface area contributed by atoms with Gasteiger partial charge in [0.2, 0.25) is 11.6 Å². The van der Waals surface area contributed by atoms with E-state index in [9.17, 15) is 15.2 Å². The molecule has 1 heterocycles. The summed E-state index contributed by atoms with van der Waals surface area (Å²) in [6.07, 6.45) is 2.45. The topological polar surface area (TPSA) is 140 Å². The Labute approximate surface area is 135 Å². The number of phenols is 1. The van der Waals surface area contributed by atoms with Crippen molar-refractivity contribution in [2.75, 3.05) is 11.2 Å². The standard InChI is InChI=1S/C15H12N6O3/c16-14-13(21(23)24)15(18-8-17-14)20-19-7-11-10-4-2-1-3-9(10)5-6-12(11)22/h1-8,22H,(H3,16,17,18,20)/b19-7+. The van der Waals surface area contributed by atoms with Crippen LogP contribution in [-0.2, 0) is 0 Å². The van der Waals surface area contributed by atoms with Crippen molar-refractivity contribution >= 4 is 34.3 Å². The van der Waals surface area contributed by atoms with Gasteiger partial charge >= 0.3 is 5.69 Å². The van der Waals surface area contributed by atoms with Crippen molar-refractivity contribution in [3.63, 3.8) is 0 Å². The van der Waals surface area contributed by atoms with Gasteiger partial charge in [-0.3, -0.25) is 15.5 Å². The second-order valence-corrected chi connectivity index (χ2v) is 4.80. The Morgan fingerprint density at radius 2 is 2.04 bits per heavy atom. The summed E-state index contributed by atoms with van der Waals surface area (Å²) in [7, 11) is 0. The van der Waals surface area contributed by atoms with Gasteiger partial charge in [-0.15, -0.1) is 0 Å². The first kappa shape index (κ1) is 15.2. The lowest BCUT2D eigenvalue weighted by molar-refractivity contribution is -0.383. The van der Waals surface area contributed by atoms with E-state index in [1.165, 1.54) is 6.21 Å². The summed E-state index contributed by atoms with van der Waals surface area (Å²) in [4.78, 5) is 17.7. The quantitative estimate of drug-likeness (QED) is 0.380. The highest BCUT2D eigenvalue weighted by atomic mass is 16.6. The van der Waals surface area contributed by atoms with Crippen LogP contribution in [0.3, 0.4) is 0 Å². The predicted molar refractivity (Wildman–Crippen MR) is 89.9 cm³/mol. The van der Waals surface area contributed by atoms with E-state index in [0.29, 0.717) is 5.56 Å². The van der Waals surface area contributed by atoms with Gasteiger partial charge in [-0.25, -0.2) is 9.97 Å². The molecular weight excluding hydrogens is 312 g/mol. The fourth-order valence-corrected chi connectivity index (χ4v) is 2.23. The van der Waals surface area contributed by atoms with E-state index < -0.39 is 10.6 Å². The van der Waals surface area contributed by atoms with Crippen LogP contribution in [0, 0.1) is 10.1 Å². The Balaban J connectivity index is 1.95. The maximum atomic E-state index is 11.0. The number of benzene rings is 2. The number of phenolic OH excluding ortho intramolecular Hbond substituents is 1. The monoisotopic (exact) mass is 324 g/mol. The molecule has 4 N–H and O–H groups in total. The lowest BCUT2D eigenvalue weighted by atomic mass is 10.0. The molecule has 9 nitrogen and oxygen atoms in total. The van der Waals surface area contributed by atoms with Crippen LogP contribution in [0.15, 0.2) is 47.8 Å². The number of hydrogen-bond acceptors (Lipinski definition) is 8. The highest BCUT2D eigenvalue weighted by Gasteiger charge is 2.20. The van der Waals surface area contributed by atoms with E-state index in [1.807, 2.05) is 24.3 Å². The number of nitrogens with zero attached hydrogens (tertiary/aromatic N) is 4. The van der Waals surface area contributed by atoms with Crippen LogP contribution in [0.25, 0.3) is 10.8 Å². The Morgan fingerprint density at radius 1 is 1.25 bits per heavy atom. The van der Waals surface area contributed by atoms with Crippen LogP contribution < -0.4 is 11.2 Å². The zero-order valence-corrected chi connectivity index (χ0v) is 12.2. The highest BCUT2D eigenvalue weighted by Crippen LogP contribution is 2.27. The summed E-state index contributed by atoms with van der Waals surface area (Å²) in [5.74, 6) is -0.361. The molecular formula is C15H12N6O3. The summed E-state index contributed by atoms with van der Waals surface area (Å²) in [5, 5.41) is 26.7. The number of rotatable bonds is 4. The van der Waals surface area contributed by atoms with E-state index in [1.54, 1.807) is 12.1 Å². The van der Waals surface area contributed by atoms with Gasteiger partial charge in [-0.05, 0) is 16.8 Å². The van der Waals surface area contributed by atoms with Crippen LogP contribution >= 0.6 is 0 Å². The van der Waals surface area contributed by atoms with Crippen LogP contribution in [0.2, 0.25) is 0 Å². The zero-order chi connectivity index (χ0) is 17.1. The SMILES string of the molecule is Nc1ncnc(N/N=C/c2c(O)ccc3ccccc23)c1[N+](=O)[O-]. The lowest BCUT2D eigenvalue weighted by Crippen LogP contribution is -2.04. The summed E-state index contributed by atoms with van der Waals surface area (Å²) < 4.78 is 0. The third kappa shape index (κ3) is 2.77. The van der Waals surface area contributed by atoms with Gasteiger partial charge in [0.15, 0.2) is 0 Å². The molecule has 0 fully saturated rings. The third-order valence-corrected chi connectivity index (χ3v) is 3.34. The van der Waals surface area contributed by atoms with Gasteiger partial charge in [0, 0.05) is 5.56 Å². The van der Waals surface area contributed by atoms with Crippen molar-refractivity contribution in [3.8, 4) is 5.75 Å². The zero-order valence-electron chi connectivity index (χ0n) is 12.2. The number of nitrogen functional groups attached to an aromatic ring is 1. The first-order chi connectivity index (χ1) is 11.6. The molecule has 0 amide bonds. The van der Waals surface area contributed by atoms with Crippen molar-refractivity contribution in [3.05, 3.63) is 58.4 Å². The maximum absolute atomic E-state index is 11.0. The molecule has 0 aliphatic heterocycles. The third-order valence-electron chi connectivity index (χ3n) is 3.34. The first-order valence-corrected chi connectivity index (χ1v) is 6.82. The minimum atomic E-state index is -0.692. The second-order valence-electron chi connectivity index (χ2n) is 4.80. The van der Waals surface area contributed by atoms with E-state index in [4.69, 9.17) is 5.73 Å². The molecule has 2 aromatic carbocycles. The summed E-state index contributed by atoms with van der Waals surface area (Å²) in [6, 6.07) is 10.8. The number of nitrogens with one attached hydrogen (secondary N) is 1. The number of aromatic nitrogens is 2. The smallest absolute Gasteiger partial charge is 0.354 e. The Morgan fingerprint density at radius 3 is 2.83 bits per heavy atom. The summed E-state index contributed by atoms with van der Waals surface area (Å²) in [5.41, 5.74) is 7.96. The average Bonchev–Trinajstić information content (AvgIpc) is 2.56. The lowest BCUT2D eigenvalue weighted by Gasteiger charge is -2.05. The van der Waals surface area contributed by atoms with Crippen molar-refractivity contribution < 1.29 is 10.0 Å². The van der Waals surface area contributed by atoms with Crippen LogP contribution in [0.1, 0.15) is 5.56 Å². The van der Waals surface area contributed by atoms with Gasteiger partial charge < -0.3 is 10.8 Å². The molecule has 0 radical (unpaired) electrons. The summed E-state index contributed by atoms with van der Waals surface area (Å²) >= 11 is 0. The normalized spacial score (nSPS) is 11.0. The molecule has 3 rings (SSSR count). The molecule has 9 heteroatoms. The van der Waals surface area contributed by atoms with E-state index >= 15 is 0 Å². The number of nitro groups is 1. The molecule has 0 aliphatic rings. The molecule has 0 aliphatic carbocycles. The van der Waals surface area contributed by atoms with Crippen LogP contribution in [0.4, 0.5) is 17.3 Å². The number of fused-ring (bicyclic) bond motifs is 1. The van der Waals surface area contributed by atoms with E-state index in [2.05, 4.69) is 20.5 Å². The molecule has 24 heavy (non-hydrogen) atoms. The van der Waals surface area contributed by atoms with Gasteiger partial charge in [-0.2, -0.15) is 5.10 Å². The van der Waals surface area contributed by atoms with E-state index in [-0.39, 0.29) is 17.4 Å². The molecule has 1 aromatic heterocycles. The number of nitrogens with two attached hydrogens (primary N) is 1. The predicted octanol–water partition coefficient (Wildman–Crippen LogP) is 2.27. The Kier molecular flexibility index (Phi) is 3.89. The van der Waals surface area contributed by atoms with Crippen molar-refractivity contribution in [2.45, 2.75) is 0 Å². The van der Waals surface area contributed by atoms with Crippen molar-refractivity contribution in [1.82, 2.24) is 9.97 Å². The minimum absolute atomic E-state index is 0.0379. The molecule has 3 aromatic rings. The number of anilines is 2. The average molecular weight is 324 g/mol. The number of hydrogen-bond donors (Lipinski definition) is 3. The number of hydrazone groups is 1. The molecule has 0 bridgehead atoms. The largest absolute Gasteiger partial charge is 0.507 e. The highest BCUT2D eigenvalue weighted by molar-refractivity contribution is 6.02. The number of aromatic hydroxyl groups is 1. The van der Waals surface area contributed by atoms with Gasteiger partial charge in [0.1, 0.15) is 12.1 Å². The van der Waals surface area contributed by atoms with Gasteiger partial charge in [0.05, 0.1) is 11.1 Å². The Bertz CT molecular complexity index is 957. The van der Waals surface area contributed by atoms with Crippen molar-refractivity contribution in [1.29, 1.82) is 0 Å². The van der Waals surface area contributed by atoms with Gasteiger partial charge in [-0.1, -0.05) is 30.3 Å². The molecule has 0 atom stereocenters. The van der Waals surface area contributed by atoms with Crippen molar-refractivity contribution in [2.24, 2.45) is 5.10 Å². The van der Waals surface area contributed by atoms with Crippen LogP contribution in [-0.4, -0.2) is 26.2 Å². The fraction of sp³-hybridized carbons (Fsp3) is 0. The molecule has 0 unspecified atom stereocenters. The van der Waals surface area contributed by atoms with Gasteiger partial charge in [0.25, 0.3) is 0 Å². The maximum Gasteiger partial charge on any atom is 0.354 e. The molecule has 0 saturated carbocycles. The summed E-state index contributed by atoms with van der Waals surface area (Å²) in [6.45, 7) is 0. The molecule has 0 spiro atoms. The molecule has 120 valence electrons. The molecule has 0 saturated heterocycles. The minimum Gasteiger partial charge on any atom is -0.507 e.